The number of carbonyl (C=O) groups excluding carboxylic acids is 2. The normalized spacial score (nSPS) is 17.3. The predicted octanol–water partition coefficient (Wildman–Crippen LogP) is 5.79. The summed E-state index contributed by atoms with van der Waals surface area (Å²) in [5.74, 6) is -0.349. The second-order valence-corrected chi connectivity index (χ2v) is 9.04. The number of hydrogen-bond acceptors (Lipinski definition) is 5. The molecule has 0 saturated carbocycles. The highest BCUT2D eigenvalue weighted by Gasteiger charge is 2.47. The van der Waals surface area contributed by atoms with Crippen LogP contribution in [0.5, 0.6) is 5.75 Å². The number of nitrogens with one attached hydrogen (secondary N) is 1. The monoisotopic (exact) mass is 484 g/mol. The summed E-state index contributed by atoms with van der Waals surface area (Å²) in [4.78, 5) is 31.6. The molecule has 1 unspecified atom stereocenters. The van der Waals surface area contributed by atoms with Gasteiger partial charge in [-0.05, 0) is 62.2 Å². The number of rotatable bonds is 7. The third-order valence-electron chi connectivity index (χ3n) is 6.57. The van der Waals surface area contributed by atoms with E-state index in [-0.39, 0.29) is 17.9 Å². The number of aromatic nitrogens is 1. The van der Waals surface area contributed by atoms with Crippen LogP contribution in [0, 0.1) is 13.8 Å². The summed E-state index contributed by atoms with van der Waals surface area (Å²) < 4.78 is 11.3. The molecule has 0 aliphatic carbocycles. The molecule has 0 radical (unpaired) electrons. The molecule has 1 saturated heterocycles. The number of fused-ring (bicyclic) bond motifs is 1. The number of aromatic amines is 1. The number of carbonyl (C=O) groups is 2. The lowest BCUT2D eigenvalue weighted by atomic mass is 9.93. The van der Waals surface area contributed by atoms with Crippen LogP contribution in [0.15, 0.2) is 70.9 Å². The quantitative estimate of drug-likeness (QED) is 0.197. The first-order chi connectivity index (χ1) is 17.4. The fourth-order valence-electron chi connectivity index (χ4n) is 4.89. The summed E-state index contributed by atoms with van der Waals surface area (Å²) in [5, 5.41) is 12.4. The summed E-state index contributed by atoms with van der Waals surface area (Å²) in [6.07, 6.45) is 2.41. The number of Topliss-reactive ketones (excluding diaryl/α,β-unsaturated/α-hetero) is 1. The Hall–Kier alpha value is -4.26. The number of H-pyrrole nitrogens is 1. The van der Waals surface area contributed by atoms with Gasteiger partial charge in [0, 0.05) is 27.7 Å². The molecular formula is C29H28N2O5. The fraction of sp³-hybridized carbons (Fsp3) is 0.241. The van der Waals surface area contributed by atoms with E-state index in [1.807, 2.05) is 45.0 Å². The van der Waals surface area contributed by atoms with E-state index in [1.54, 1.807) is 30.3 Å². The van der Waals surface area contributed by atoms with Crippen molar-refractivity contribution in [2.45, 2.75) is 39.8 Å². The first-order valence-electron chi connectivity index (χ1n) is 12.0. The number of ketones is 1. The van der Waals surface area contributed by atoms with Crippen LogP contribution in [0.25, 0.3) is 16.7 Å². The second kappa shape index (κ2) is 9.41. The Balaban J connectivity index is 1.68. The molecule has 2 aromatic heterocycles. The Labute approximate surface area is 209 Å². The van der Waals surface area contributed by atoms with Gasteiger partial charge in [-0.15, -0.1) is 0 Å². The number of hydrogen-bond donors (Lipinski definition) is 2. The van der Waals surface area contributed by atoms with Crippen molar-refractivity contribution in [2.75, 3.05) is 6.61 Å². The maximum absolute atomic E-state index is 13.4. The number of nitrogens with zero attached hydrogens (tertiary/aromatic N) is 1. The van der Waals surface area contributed by atoms with E-state index in [4.69, 9.17) is 9.15 Å². The molecule has 4 aromatic rings. The van der Waals surface area contributed by atoms with Crippen LogP contribution in [-0.2, 0) is 16.1 Å². The molecule has 1 atom stereocenters. The number of aryl methyl sites for hydroxylation is 2. The van der Waals surface area contributed by atoms with Gasteiger partial charge in [-0.3, -0.25) is 9.59 Å². The zero-order valence-corrected chi connectivity index (χ0v) is 20.5. The molecule has 36 heavy (non-hydrogen) atoms. The van der Waals surface area contributed by atoms with Crippen molar-refractivity contribution < 1.29 is 23.8 Å². The Morgan fingerprint density at radius 2 is 1.92 bits per heavy atom. The van der Waals surface area contributed by atoms with Gasteiger partial charge in [-0.1, -0.05) is 25.1 Å². The number of furan rings is 1. The molecule has 7 heteroatoms. The fourth-order valence-corrected chi connectivity index (χ4v) is 4.89. The molecule has 1 aliphatic rings. The van der Waals surface area contributed by atoms with Gasteiger partial charge in [0.25, 0.3) is 11.7 Å². The topological polar surface area (TPSA) is 95.8 Å². The molecule has 0 bridgehead atoms. The lowest BCUT2D eigenvalue weighted by Crippen LogP contribution is -2.29. The molecule has 7 nitrogen and oxygen atoms in total. The molecule has 2 N–H and O–H groups in total. The van der Waals surface area contributed by atoms with Gasteiger partial charge in [-0.25, -0.2) is 0 Å². The summed E-state index contributed by atoms with van der Waals surface area (Å²) in [6.45, 7) is 6.51. The highest BCUT2D eigenvalue weighted by molar-refractivity contribution is 6.46. The minimum atomic E-state index is -0.789. The molecule has 184 valence electrons. The van der Waals surface area contributed by atoms with Gasteiger partial charge in [0.1, 0.15) is 17.3 Å². The lowest BCUT2D eigenvalue weighted by Gasteiger charge is -2.25. The molecule has 3 heterocycles. The van der Waals surface area contributed by atoms with E-state index < -0.39 is 17.7 Å². The number of amides is 1. The van der Waals surface area contributed by atoms with Gasteiger partial charge in [-0.2, -0.15) is 0 Å². The minimum absolute atomic E-state index is 0.0565. The number of likely N-dealkylation sites (tertiary alicyclic amines) is 1. The number of aliphatic hydroxyl groups is 1. The average Bonchev–Trinajstić information content (AvgIpc) is 3.56. The van der Waals surface area contributed by atoms with E-state index in [0.29, 0.717) is 17.9 Å². The first kappa shape index (κ1) is 23.5. The second-order valence-electron chi connectivity index (χ2n) is 9.04. The number of aliphatic hydroxyl groups excluding tert-OH is 1. The number of ether oxygens (including phenoxy) is 1. The van der Waals surface area contributed by atoms with Crippen LogP contribution in [-0.4, -0.2) is 33.3 Å². The highest BCUT2D eigenvalue weighted by atomic mass is 16.5. The predicted molar refractivity (Wildman–Crippen MR) is 137 cm³/mol. The van der Waals surface area contributed by atoms with Crippen LogP contribution in [0.2, 0.25) is 0 Å². The third-order valence-corrected chi connectivity index (χ3v) is 6.57. The van der Waals surface area contributed by atoms with E-state index >= 15 is 0 Å². The van der Waals surface area contributed by atoms with E-state index in [2.05, 4.69) is 4.98 Å². The Morgan fingerprint density at radius 1 is 1.11 bits per heavy atom. The Bertz CT molecular complexity index is 1480. The minimum Gasteiger partial charge on any atom is -0.507 e. The maximum Gasteiger partial charge on any atom is 0.296 e. The van der Waals surface area contributed by atoms with Crippen LogP contribution in [0.3, 0.4) is 0 Å². The molecule has 1 amide bonds. The van der Waals surface area contributed by atoms with Crippen LogP contribution in [0.4, 0.5) is 0 Å². The molecule has 2 aromatic carbocycles. The van der Waals surface area contributed by atoms with Gasteiger partial charge in [0.2, 0.25) is 0 Å². The lowest BCUT2D eigenvalue weighted by molar-refractivity contribution is -0.140. The maximum atomic E-state index is 13.4. The van der Waals surface area contributed by atoms with E-state index in [1.165, 1.54) is 11.2 Å². The van der Waals surface area contributed by atoms with Gasteiger partial charge < -0.3 is 24.1 Å². The molecule has 5 rings (SSSR count). The summed E-state index contributed by atoms with van der Waals surface area (Å²) in [7, 11) is 0. The Kier molecular flexibility index (Phi) is 6.14. The smallest absolute Gasteiger partial charge is 0.296 e. The van der Waals surface area contributed by atoms with E-state index in [9.17, 15) is 14.7 Å². The molecule has 1 fully saturated rings. The number of para-hydroxylation sites is 1. The molecular weight excluding hydrogens is 456 g/mol. The van der Waals surface area contributed by atoms with Gasteiger partial charge >= 0.3 is 0 Å². The van der Waals surface area contributed by atoms with Gasteiger partial charge in [0.05, 0.1) is 31.0 Å². The van der Waals surface area contributed by atoms with Crippen molar-refractivity contribution in [1.29, 1.82) is 0 Å². The van der Waals surface area contributed by atoms with E-state index in [0.717, 1.165) is 39.9 Å². The number of benzene rings is 2. The molecule has 0 spiro atoms. The van der Waals surface area contributed by atoms with Crippen molar-refractivity contribution in [3.05, 3.63) is 94.6 Å². The van der Waals surface area contributed by atoms with Crippen molar-refractivity contribution in [2.24, 2.45) is 0 Å². The standard InChI is InChI=1S/C29H28N2O5/c1-4-13-36-23-12-11-19(15-17(23)2)27(32)25-26(24-18(3)30-22-10-6-5-9-21(22)24)31(29(34)28(25)33)16-20-8-7-14-35-20/h5-12,14-15,26,30,32H,4,13,16H2,1-3H3/b27-25+. The summed E-state index contributed by atoms with van der Waals surface area (Å²) >= 11 is 0. The van der Waals surface area contributed by atoms with Crippen LogP contribution < -0.4 is 4.74 Å². The SMILES string of the molecule is CCCOc1ccc(/C(O)=C2\C(=O)C(=O)N(Cc3ccco3)C2c2c(C)[nH]c3ccccc23)cc1C. The van der Waals surface area contributed by atoms with Crippen molar-refractivity contribution >= 4 is 28.4 Å². The highest BCUT2D eigenvalue weighted by Crippen LogP contribution is 2.44. The summed E-state index contributed by atoms with van der Waals surface area (Å²) in [5.41, 5.74) is 3.82. The zero-order chi connectivity index (χ0) is 25.4. The van der Waals surface area contributed by atoms with Crippen molar-refractivity contribution in [3.63, 3.8) is 0 Å². The van der Waals surface area contributed by atoms with Crippen LogP contribution in [0.1, 0.15) is 47.5 Å². The van der Waals surface area contributed by atoms with Crippen molar-refractivity contribution in [1.82, 2.24) is 9.88 Å². The van der Waals surface area contributed by atoms with Gasteiger partial charge in [0.15, 0.2) is 0 Å². The first-order valence-corrected chi connectivity index (χ1v) is 12.0. The van der Waals surface area contributed by atoms with Crippen LogP contribution >= 0.6 is 0 Å². The molecule has 1 aliphatic heterocycles. The average molecular weight is 485 g/mol. The summed E-state index contributed by atoms with van der Waals surface area (Å²) in [6, 6.07) is 15.7. The largest absolute Gasteiger partial charge is 0.507 e. The third kappa shape index (κ3) is 3.96. The Morgan fingerprint density at radius 3 is 2.64 bits per heavy atom. The zero-order valence-electron chi connectivity index (χ0n) is 20.5. The van der Waals surface area contributed by atoms with Crippen molar-refractivity contribution in [3.8, 4) is 5.75 Å².